The molecule has 1 atom stereocenters. The van der Waals surface area contributed by atoms with E-state index in [9.17, 15) is 5.11 Å². The first kappa shape index (κ1) is 13.0. The predicted octanol–water partition coefficient (Wildman–Crippen LogP) is 2.51. The lowest BCUT2D eigenvalue weighted by molar-refractivity contribution is 0.238. The van der Waals surface area contributed by atoms with Crippen molar-refractivity contribution in [2.75, 3.05) is 30.3 Å². The number of aliphatic hydroxyl groups excluding tert-OH is 1. The Balaban J connectivity index is 2.30. The van der Waals surface area contributed by atoms with Gasteiger partial charge in [-0.15, -0.1) is 0 Å². The van der Waals surface area contributed by atoms with Crippen LogP contribution >= 0.6 is 0 Å². The Bertz CT molecular complexity index is 450. The summed E-state index contributed by atoms with van der Waals surface area (Å²) in [5.74, 6) is 0.405. The highest BCUT2D eigenvalue weighted by molar-refractivity contribution is 5.72. The molecule has 0 bridgehead atoms. The second kappa shape index (κ2) is 5.44. The van der Waals surface area contributed by atoms with Crippen LogP contribution in [-0.4, -0.2) is 24.8 Å². The fraction of sp³-hybridized carbons (Fsp3) is 0.467. The van der Waals surface area contributed by atoms with Crippen molar-refractivity contribution in [2.24, 2.45) is 5.92 Å². The second-order valence-electron chi connectivity index (χ2n) is 5.32. The van der Waals surface area contributed by atoms with Crippen LogP contribution in [0.5, 0.6) is 0 Å². The van der Waals surface area contributed by atoms with Gasteiger partial charge in [0.05, 0.1) is 0 Å². The van der Waals surface area contributed by atoms with E-state index in [0.717, 1.165) is 25.2 Å². The summed E-state index contributed by atoms with van der Waals surface area (Å²) < 4.78 is 0. The van der Waals surface area contributed by atoms with Gasteiger partial charge in [0.25, 0.3) is 0 Å². The van der Waals surface area contributed by atoms with Gasteiger partial charge in [0, 0.05) is 37.0 Å². The van der Waals surface area contributed by atoms with Crippen LogP contribution in [0.4, 0.5) is 11.4 Å². The van der Waals surface area contributed by atoms with E-state index in [4.69, 9.17) is 5.73 Å². The van der Waals surface area contributed by atoms with Crippen LogP contribution in [0.1, 0.15) is 25.8 Å². The minimum atomic E-state index is 0.281. The van der Waals surface area contributed by atoms with Gasteiger partial charge in [0.15, 0.2) is 0 Å². The van der Waals surface area contributed by atoms with Crippen LogP contribution < -0.4 is 10.6 Å². The molecule has 1 fully saturated rings. The minimum absolute atomic E-state index is 0.281. The lowest BCUT2D eigenvalue weighted by atomic mass is 10.1. The number of anilines is 2. The zero-order chi connectivity index (χ0) is 13.1. The number of allylic oxidation sites excluding steroid dienone is 1. The first-order valence-corrected chi connectivity index (χ1v) is 6.50. The Morgan fingerprint density at radius 2 is 2.28 bits per heavy atom. The molecule has 1 aliphatic rings. The molecule has 2 rings (SSSR count). The molecule has 0 aromatic heterocycles. The summed E-state index contributed by atoms with van der Waals surface area (Å²) in [5.41, 5.74) is 10.3. The van der Waals surface area contributed by atoms with Gasteiger partial charge in [-0.05, 0) is 44.0 Å². The van der Waals surface area contributed by atoms with Gasteiger partial charge < -0.3 is 15.7 Å². The highest BCUT2D eigenvalue weighted by Crippen LogP contribution is 2.30. The highest BCUT2D eigenvalue weighted by Gasteiger charge is 2.23. The maximum atomic E-state index is 9.23. The smallest absolute Gasteiger partial charge is 0.0476 e. The van der Waals surface area contributed by atoms with E-state index in [0.29, 0.717) is 5.92 Å². The second-order valence-corrected chi connectivity index (χ2v) is 5.32. The molecule has 1 aromatic rings. The topological polar surface area (TPSA) is 49.5 Å². The molecule has 0 saturated carbocycles. The minimum Gasteiger partial charge on any atom is -0.399 e. The van der Waals surface area contributed by atoms with E-state index in [1.54, 1.807) is 0 Å². The molecule has 3 nitrogen and oxygen atoms in total. The molecule has 1 aliphatic heterocycles. The summed E-state index contributed by atoms with van der Waals surface area (Å²) in [5, 5.41) is 9.23. The Morgan fingerprint density at radius 3 is 2.89 bits per heavy atom. The summed E-state index contributed by atoms with van der Waals surface area (Å²) in [4.78, 5) is 2.34. The van der Waals surface area contributed by atoms with E-state index < -0.39 is 0 Å². The molecule has 3 heteroatoms. The molecule has 0 aliphatic carbocycles. The molecule has 1 unspecified atom stereocenters. The molecule has 0 radical (unpaired) electrons. The Kier molecular flexibility index (Phi) is 3.92. The van der Waals surface area contributed by atoms with Gasteiger partial charge in [-0.1, -0.05) is 11.6 Å². The summed E-state index contributed by atoms with van der Waals surface area (Å²) in [6.45, 7) is 6.41. The third-order valence-corrected chi connectivity index (χ3v) is 3.38. The molecule has 3 N–H and O–H groups in total. The fourth-order valence-electron chi connectivity index (χ4n) is 2.49. The zero-order valence-corrected chi connectivity index (χ0v) is 11.2. The molecule has 1 saturated heterocycles. The summed E-state index contributed by atoms with van der Waals surface area (Å²) in [6, 6.07) is 6.06. The van der Waals surface area contributed by atoms with Crippen molar-refractivity contribution >= 4 is 17.5 Å². The Hall–Kier alpha value is -1.48. The summed E-state index contributed by atoms with van der Waals surface area (Å²) in [6.07, 6.45) is 3.23. The van der Waals surface area contributed by atoms with Gasteiger partial charge in [-0.25, -0.2) is 0 Å². The maximum absolute atomic E-state index is 9.23. The SMILES string of the molecule is CC(C)=Cc1cc(N)ccc1N1CCC(CO)C1. The van der Waals surface area contributed by atoms with Crippen LogP contribution in [0.3, 0.4) is 0 Å². The normalized spacial score (nSPS) is 19.1. The van der Waals surface area contributed by atoms with Crippen LogP contribution in [0, 0.1) is 5.92 Å². The lowest BCUT2D eigenvalue weighted by Gasteiger charge is -2.21. The van der Waals surface area contributed by atoms with Crippen molar-refractivity contribution in [3.05, 3.63) is 29.3 Å². The number of aliphatic hydroxyl groups is 1. The van der Waals surface area contributed by atoms with E-state index in [-0.39, 0.29) is 6.61 Å². The number of nitrogens with two attached hydrogens (primary N) is 1. The summed E-state index contributed by atoms with van der Waals surface area (Å²) in [7, 11) is 0. The van der Waals surface area contributed by atoms with Gasteiger partial charge in [-0.2, -0.15) is 0 Å². The van der Waals surface area contributed by atoms with Crippen molar-refractivity contribution < 1.29 is 5.11 Å². The van der Waals surface area contributed by atoms with E-state index in [2.05, 4.69) is 30.9 Å². The van der Waals surface area contributed by atoms with E-state index in [1.807, 2.05) is 12.1 Å². The summed E-state index contributed by atoms with van der Waals surface area (Å²) >= 11 is 0. The van der Waals surface area contributed by atoms with Gasteiger partial charge in [-0.3, -0.25) is 0 Å². The monoisotopic (exact) mass is 246 g/mol. The van der Waals surface area contributed by atoms with E-state index >= 15 is 0 Å². The lowest BCUT2D eigenvalue weighted by Crippen LogP contribution is -2.21. The van der Waals surface area contributed by atoms with Crippen LogP contribution in [0.25, 0.3) is 6.08 Å². The highest BCUT2D eigenvalue weighted by atomic mass is 16.3. The number of rotatable bonds is 3. The third-order valence-electron chi connectivity index (χ3n) is 3.38. The van der Waals surface area contributed by atoms with Crippen LogP contribution in [-0.2, 0) is 0 Å². The maximum Gasteiger partial charge on any atom is 0.0476 e. The van der Waals surface area contributed by atoms with Crippen molar-refractivity contribution in [1.82, 2.24) is 0 Å². The average molecular weight is 246 g/mol. The van der Waals surface area contributed by atoms with Gasteiger partial charge in [0.1, 0.15) is 0 Å². The quantitative estimate of drug-likeness (QED) is 0.806. The number of nitrogen functional groups attached to an aromatic ring is 1. The van der Waals surface area contributed by atoms with Gasteiger partial charge in [0.2, 0.25) is 0 Å². The molecule has 0 amide bonds. The zero-order valence-electron chi connectivity index (χ0n) is 11.2. The Morgan fingerprint density at radius 1 is 1.50 bits per heavy atom. The number of hydrogen-bond acceptors (Lipinski definition) is 3. The van der Waals surface area contributed by atoms with Crippen molar-refractivity contribution in [2.45, 2.75) is 20.3 Å². The molecule has 1 aromatic carbocycles. The largest absolute Gasteiger partial charge is 0.399 e. The average Bonchev–Trinajstić information content (AvgIpc) is 2.77. The van der Waals surface area contributed by atoms with Gasteiger partial charge >= 0.3 is 0 Å². The van der Waals surface area contributed by atoms with Crippen LogP contribution in [0.2, 0.25) is 0 Å². The van der Waals surface area contributed by atoms with E-state index in [1.165, 1.54) is 16.8 Å². The molecular weight excluding hydrogens is 224 g/mol. The molecule has 1 heterocycles. The van der Waals surface area contributed by atoms with Crippen molar-refractivity contribution in [3.63, 3.8) is 0 Å². The first-order valence-electron chi connectivity index (χ1n) is 6.50. The fourth-order valence-corrected chi connectivity index (χ4v) is 2.49. The standard InChI is InChI=1S/C15H22N2O/c1-11(2)7-13-8-14(16)3-4-15(13)17-6-5-12(9-17)10-18/h3-4,7-8,12,18H,5-6,9-10,16H2,1-2H3. The number of nitrogens with zero attached hydrogens (tertiary/aromatic N) is 1. The van der Waals surface area contributed by atoms with Crippen molar-refractivity contribution in [1.29, 1.82) is 0 Å². The molecule has 98 valence electrons. The third kappa shape index (κ3) is 2.85. The number of hydrogen-bond donors (Lipinski definition) is 2. The molecule has 18 heavy (non-hydrogen) atoms. The number of benzene rings is 1. The molecule has 0 spiro atoms. The molecular formula is C15H22N2O. The van der Waals surface area contributed by atoms with Crippen molar-refractivity contribution in [3.8, 4) is 0 Å². The van der Waals surface area contributed by atoms with Crippen LogP contribution in [0.15, 0.2) is 23.8 Å². The Labute approximate surface area is 109 Å². The first-order chi connectivity index (χ1) is 8.60. The predicted molar refractivity (Wildman–Crippen MR) is 77.6 cm³/mol.